The highest BCUT2D eigenvalue weighted by Crippen LogP contribution is 2.24. The molecule has 94 valence electrons. The summed E-state index contributed by atoms with van der Waals surface area (Å²) in [4.78, 5) is 11.7. The molecule has 0 saturated carbocycles. The van der Waals surface area contributed by atoms with Gasteiger partial charge in [0.15, 0.2) is 0 Å². The number of carbonyl (C=O) groups is 1. The molecular weight excluding hydrogens is 204 g/mol. The Kier molecular flexibility index (Phi) is 5.22. The molecule has 16 heavy (non-hydrogen) atoms. The van der Waals surface area contributed by atoms with E-state index in [1.807, 2.05) is 6.92 Å². The van der Waals surface area contributed by atoms with E-state index in [2.05, 4.69) is 12.2 Å². The SMILES string of the molecule is CC(CCCN)C(=O)NCC1(C)CCCO1. The van der Waals surface area contributed by atoms with Crippen molar-refractivity contribution in [3.63, 3.8) is 0 Å². The zero-order chi connectivity index (χ0) is 12.0. The van der Waals surface area contributed by atoms with Crippen LogP contribution in [0.15, 0.2) is 0 Å². The highest BCUT2D eigenvalue weighted by atomic mass is 16.5. The molecule has 3 N–H and O–H groups in total. The van der Waals surface area contributed by atoms with E-state index < -0.39 is 0 Å². The lowest BCUT2D eigenvalue weighted by molar-refractivity contribution is -0.126. The molecule has 4 nitrogen and oxygen atoms in total. The molecular formula is C12H24N2O2. The fourth-order valence-corrected chi connectivity index (χ4v) is 1.98. The van der Waals surface area contributed by atoms with E-state index in [1.165, 1.54) is 0 Å². The Morgan fingerprint density at radius 1 is 1.62 bits per heavy atom. The van der Waals surface area contributed by atoms with Gasteiger partial charge >= 0.3 is 0 Å². The summed E-state index contributed by atoms with van der Waals surface area (Å²) < 4.78 is 5.62. The van der Waals surface area contributed by atoms with Crippen molar-refractivity contribution in [1.29, 1.82) is 0 Å². The topological polar surface area (TPSA) is 64.4 Å². The van der Waals surface area contributed by atoms with Crippen molar-refractivity contribution < 1.29 is 9.53 Å². The summed E-state index contributed by atoms with van der Waals surface area (Å²) in [6, 6.07) is 0. The minimum atomic E-state index is -0.150. The second kappa shape index (κ2) is 6.21. The van der Waals surface area contributed by atoms with Crippen molar-refractivity contribution in [1.82, 2.24) is 5.32 Å². The highest BCUT2D eigenvalue weighted by Gasteiger charge is 2.30. The quantitative estimate of drug-likeness (QED) is 0.714. The molecule has 1 aliphatic rings. The van der Waals surface area contributed by atoms with E-state index >= 15 is 0 Å². The molecule has 0 bridgehead atoms. The van der Waals surface area contributed by atoms with Gasteiger partial charge in [-0.2, -0.15) is 0 Å². The molecule has 1 rings (SSSR count). The summed E-state index contributed by atoms with van der Waals surface area (Å²) >= 11 is 0. The van der Waals surface area contributed by atoms with Gasteiger partial charge in [0.2, 0.25) is 5.91 Å². The average Bonchev–Trinajstić information content (AvgIpc) is 2.70. The fourth-order valence-electron chi connectivity index (χ4n) is 1.98. The van der Waals surface area contributed by atoms with Gasteiger partial charge in [0.05, 0.1) is 5.60 Å². The Labute approximate surface area is 97.9 Å². The average molecular weight is 228 g/mol. The zero-order valence-electron chi connectivity index (χ0n) is 10.4. The largest absolute Gasteiger partial charge is 0.373 e. The minimum absolute atomic E-state index is 0.0496. The van der Waals surface area contributed by atoms with Crippen molar-refractivity contribution in [3.05, 3.63) is 0 Å². The van der Waals surface area contributed by atoms with Crippen molar-refractivity contribution in [2.45, 2.75) is 45.1 Å². The van der Waals surface area contributed by atoms with Gasteiger partial charge in [0.25, 0.3) is 0 Å². The maximum atomic E-state index is 11.7. The number of nitrogens with two attached hydrogens (primary N) is 1. The molecule has 0 aliphatic carbocycles. The Hall–Kier alpha value is -0.610. The zero-order valence-corrected chi connectivity index (χ0v) is 10.4. The van der Waals surface area contributed by atoms with Gasteiger partial charge < -0.3 is 15.8 Å². The number of rotatable bonds is 6. The van der Waals surface area contributed by atoms with Crippen LogP contribution in [-0.4, -0.2) is 31.2 Å². The van der Waals surface area contributed by atoms with Gasteiger partial charge in [-0.1, -0.05) is 6.92 Å². The summed E-state index contributed by atoms with van der Waals surface area (Å²) in [7, 11) is 0. The number of hydrogen-bond acceptors (Lipinski definition) is 3. The standard InChI is InChI=1S/C12H24N2O2/c1-10(5-3-7-13)11(15)14-9-12(2)6-4-8-16-12/h10H,3-9,13H2,1-2H3,(H,14,15). The molecule has 0 aromatic carbocycles. The Morgan fingerprint density at radius 3 is 2.94 bits per heavy atom. The third-order valence-corrected chi connectivity index (χ3v) is 3.23. The summed E-state index contributed by atoms with van der Waals surface area (Å²) in [5.41, 5.74) is 5.27. The van der Waals surface area contributed by atoms with Crippen LogP contribution in [0, 0.1) is 5.92 Å². The van der Waals surface area contributed by atoms with Gasteiger partial charge in [0.1, 0.15) is 0 Å². The van der Waals surface area contributed by atoms with Crippen LogP contribution < -0.4 is 11.1 Å². The minimum Gasteiger partial charge on any atom is -0.373 e. The van der Waals surface area contributed by atoms with E-state index in [9.17, 15) is 4.79 Å². The molecule has 1 aliphatic heterocycles. The van der Waals surface area contributed by atoms with Gasteiger partial charge in [0, 0.05) is 19.1 Å². The Bertz CT molecular complexity index is 225. The van der Waals surface area contributed by atoms with Crippen molar-refractivity contribution in [2.24, 2.45) is 11.7 Å². The van der Waals surface area contributed by atoms with Crippen LogP contribution in [0.25, 0.3) is 0 Å². The lowest BCUT2D eigenvalue weighted by Gasteiger charge is -2.24. The lowest BCUT2D eigenvalue weighted by Crippen LogP contribution is -2.42. The second-order valence-corrected chi connectivity index (χ2v) is 4.95. The molecule has 0 spiro atoms. The number of hydrogen-bond donors (Lipinski definition) is 2. The lowest BCUT2D eigenvalue weighted by atomic mass is 10.0. The molecule has 1 saturated heterocycles. The normalized spacial score (nSPS) is 26.7. The first kappa shape index (κ1) is 13.5. The maximum Gasteiger partial charge on any atom is 0.222 e. The number of nitrogens with one attached hydrogen (secondary N) is 1. The molecule has 2 atom stereocenters. The van der Waals surface area contributed by atoms with E-state index in [1.54, 1.807) is 0 Å². The van der Waals surface area contributed by atoms with Crippen molar-refractivity contribution >= 4 is 5.91 Å². The van der Waals surface area contributed by atoms with Crippen LogP contribution in [0.4, 0.5) is 0 Å². The predicted molar refractivity (Wildman–Crippen MR) is 64.1 cm³/mol. The maximum absolute atomic E-state index is 11.7. The first-order valence-electron chi connectivity index (χ1n) is 6.19. The van der Waals surface area contributed by atoms with Crippen molar-refractivity contribution in [2.75, 3.05) is 19.7 Å². The van der Waals surface area contributed by atoms with E-state index in [-0.39, 0.29) is 17.4 Å². The van der Waals surface area contributed by atoms with Crippen LogP contribution >= 0.6 is 0 Å². The Morgan fingerprint density at radius 2 is 2.38 bits per heavy atom. The van der Waals surface area contributed by atoms with E-state index in [0.29, 0.717) is 13.1 Å². The first-order chi connectivity index (χ1) is 7.57. The number of amides is 1. The molecule has 1 amide bonds. The number of ether oxygens (including phenoxy) is 1. The van der Waals surface area contributed by atoms with Crippen LogP contribution in [-0.2, 0) is 9.53 Å². The first-order valence-corrected chi connectivity index (χ1v) is 6.19. The fraction of sp³-hybridized carbons (Fsp3) is 0.917. The van der Waals surface area contributed by atoms with E-state index in [4.69, 9.17) is 10.5 Å². The summed E-state index contributed by atoms with van der Waals surface area (Å²) in [6.45, 7) is 6.10. The molecule has 0 aromatic heterocycles. The van der Waals surface area contributed by atoms with Gasteiger partial charge in [-0.25, -0.2) is 0 Å². The van der Waals surface area contributed by atoms with Crippen LogP contribution in [0.5, 0.6) is 0 Å². The molecule has 1 heterocycles. The van der Waals surface area contributed by atoms with Crippen LogP contribution in [0.3, 0.4) is 0 Å². The monoisotopic (exact) mass is 228 g/mol. The smallest absolute Gasteiger partial charge is 0.222 e. The molecule has 2 unspecified atom stereocenters. The van der Waals surface area contributed by atoms with E-state index in [0.717, 1.165) is 32.3 Å². The second-order valence-electron chi connectivity index (χ2n) is 4.95. The summed E-state index contributed by atoms with van der Waals surface area (Å²) in [5, 5.41) is 2.97. The third-order valence-electron chi connectivity index (χ3n) is 3.23. The summed E-state index contributed by atoms with van der Waals surface area (Å²) in [5.74, 6) is 0.165. The highest BCUT2D eigenvalue weighted by molar-refractivity contribution is 5.78. The molecule has 4 heteroatoms. The third kappa shape index (κ3) is 4.10. The van der Waals surface area contributed by atoms with Crippen molar-refractivity contribution in [3.8, 4) is 0 Å². The molecule has 1 fully saturated rings. The van der Waals surface area contributed by atoms with Gasteiger partial charge in [-0.3, -0.25) is 4.79 Å². The predicted octanol–water partition coefficient (Wildman–Crippen LogP) is 1.05. The Balaban J connectivity index is 2.23. The molecule has 0 radical (unpaired) electrons. The van der Waals surface area contributed by atoms with Gasteiger partial charge in [-0.05, 0) is 39.2 Å². The number of carbonyl (C=O) groups excluding carboxylic acids is 1. The van der Waals surface area contributed by atoms with Crippen LogP contribution in [0.2, 0.25) is 0 Å². The molecule has 0 aromatic rings. The van der Waals surface area contributed by atoms with Gasteiger partial charge in [-0.15, -0.1) is 0 Å². The summed E-state index contributed by atoms with van der Waals surface area (Å²) in [6.07, 6.45) is 3.89. The van der Waals surface area contributed by atoms with Crippen LogP contribution in [0.1, 0.15) is 39.5 Å².